The molecule has 0 fully saturated rings. The number of aliphatic hydroxyl groups is 2. The maximum absolute atomic E-state index is 14.7. The van der Waals surface area contributed by atoms with Crippen LogP contribution in [0.15, 0.2) is 46.9 Å². The molecular weight excluding hydrogens is 822 g/mol. The van der Waals surface area contributed by atoms with Crippen LogP contribution in [0.3, 0.4) is 0 Å². The fourth-order valence-electron chi connectivity index (χ4n) is 4.61. The van der Waals surface area contributed by atoms with Crippen molar-refractivity contribution in [1.29, 1.82) is 0 Å². The van der Waals surface area contributed by atoms with Crippen LogP contribution < -0.4 is 25.8 Å². The Balaban J connectivity index is 1.52. The number of hydrogen-bond donors (Lipinski definition) is 6. The molecule has 19 nitrogen and oxygen atoms in total. The average Bonchev–Trinajstić information content (AvgIpc) is 3.22. The molecule has 0 bridgehead atoms. The van der Waals surface area contributed by atoms with Crippen molar-refractivity contribution in [3.8, 4) is 11.5 Å². The minimum Gasteiger partial charge on any atom is -0.463 e. The Labute approximate surface area is 347 Å². The molecule has 0 aliphatic rings. The van der Waals surface area contributed by atoms with Gasteiger partial charge in [0.1, 0.15) is 5.75 Å². The van der Waals surface area contributed by atoms with E-state index in [0.29, 0.717) is 33.0 Å². The third kappa shape index (κ3) is 20.9. The lowest BCUT2D eigenvalue weighted by atomic mass is 10.1. The Bertz CT molecular complexity index is 1700. The molecule has 1 unspecified atom stereocenters. The number of benzene rings is 2. The van der Waals surface area contributed by atoms with Gasteiger partial charge in [0, 0.05) is 31.8 Å². The highest BCUT2D eigenvalue weighted by atomic mass is 32.2. The molecule has 0 aromatic heterocycles. The smallest absolute Gasteiger partial charge is 0.333 e. The molecule has 60 heavy (non-hydrogen) atoms. The fourth-order valence-corrected chi connectivity index (χ4v) is 5.62. The van der Waals surface area contributed by atoms with Crippen LogP contribution in [0.2, 0.25) is 0 Å². The number of amides is 2. The average molecular weight is 879 g/mol. The first-order valence-electron chi connectivity index (χ1n) is 19.0. The van der Waals surface area contributed by atoms with Gasteiger partial charge in [-0.3, -0.25) is 9.59 Å². The van der Waals surface area contributed by atoms with Gasteiger partial charge in [-0.2, -0.15) is 0 Å². The van der Waals surface area contributed by atoms with Crippen LogP contribution in [0.5, 0.6) is 11.5 Å². The van der Waals surface area contributed by atoms with Crippen molar-refractivity contribution in [2.24, 2.45) is 5.73 Å². The lowest BCUT2D eigenvalue weighted by Crippen LogP contribution is -2.50. The van der Waals surface area contributed by atoms with Crippen molar-refractivity contribution in [3.63, 3.8) is 0 Å². The molecule has 0 heterocycles. The summed E-state index contributed by atoms with van der Waals surface area (Å²) < 4.78 is 99.0. The maximum Gasteiger partial charge on any atom is 0.333 e. The molecule has 0 aliphatic carbocycles. The van der Waals surface area contributed by atoms with E-state index in [1.807, 2.05) is 0 Å². The number of sulfonamides is 1. The van der Waals surface area contributed by atoms with E-state index in [-0.39, 0.29) is 101 Å². The monoisotopic (exact) mass is 878 g/mol. The van der Waals surface area contributed by atoms with Crippen molar-refractivity contribution in [2.45, 2.75) is 31.0 Å². The first-order chi connectivity index (χ1) is 28.8. The van der Waals surface area contributed by atoms with E-state index >= 15 is 0 Å². The second kappa shape index (κ2) is 29.9. The summed E-state index contributed by atoms with van der Waals surface area (Å²) in [5, 5.41) is 24.7. The fraction of sp³-hybridized carbons (Fsp3) is 0.553. The van der Waals surface area contributed by atoms with E-state index in [4.69, 9.17) is 43.6 Å². The van der Waals surface area contributed by atoms with Crippen LogP contribution in [0, 0.1) is 11.6 Å². The second-order valence-corrected chi connectivity index (χ2v) is 14.0. The minimum absolute atomic E-state index is 0.00949. The van der Waals surface area contributed by atoms with Gasteiger partial charge in [0.25, 0.3) is 11.8 Å². The SMILES string of the molecule is CCOC(=O)/C(C)=C/c1cc(F)c(Oc2ccc(S(=O)(=O)NCCOCCOCCOCCNC(=O)C(O)[C@@H](O)C(=O)NCCOCCOCCOCCN)cc2)c(F)c1. The number of carbonyl (C=O) groups excluding carboxylic acids is 3. The Morgan fingerprint density at radius 2 is 1.15 bits per heavy atom. The summed E-state index contributed by atoms with van der Waals surface area (Å²) in [7, 11) is -3.94. The Morgan fingerprint density at radius 3 is 1.60 bits per heavy atom. The van der Waals surface area contributed by atoms with Crippen molar-refractivity contribution in [3.05, 3.63) is 59.2 Å². The second-order valence-electron chi connectivity index (χ2n) is 12.3. The molecule has 2 atom stereocenters. The normalized spacial score (nSPS) is 12.8. The summed E-state index contributed by atoms with van der Waals surface area (Å²) in [5.74, 6) is -5.32. The lowest BCUT2D eigenvalue weighted by molar-refractivity contribution is -0.146. The number of carbonyl (C=O) groups is 3. The van der Waals surface area contributed by atoms with Crippen LogP contribution >= 0.6 is 0 Å². The van der Waals surface area contributed by atoms with Crippen LogP contribution in [-0.2, 0) is 57.6 Å². The summed E-state index contributed by atoms with van der Waals surface area (Å²) in [6, 6.07) is 6.86. The zero-order valence-electron chi connectivity index (χ0n) is 33.7. The molecule has 338 valence electrons. The summed E-state index contributed by atoms with van der Waals surface area (Å²) in [5.41, 5.74) is 5.54. The van der Waals surface area contributed by atoms with Crippen LogP contribution in [0.25, 0.3) is 6.08 Å². The maximum atomic E-state index is 14.7. The van der Waals surface area contributed by atoms with Crippen molar-refractivity contribution in [2.75, 3.05) is 112 Å². The molecule has 7 N–H and O–H groups in total. The van der Waals surface area contributed by atoms with E-state index in [1.54, 1.807) is 6.92 Å². The molecule has 2 rings (SSSR count). The summed E-state index contributed by atoms with van der Waals surface area (Å²) in [4.78, 5) is 35.8. The lowest BCUT2D eigenvalue weighted by Gasteiger charge is -2.17. The van der Waals surface area contributed by atoms with Crippen LogP contribution in [0.4, 0.5) is 8.78 Å². The predicted octanol–water partition coefficient (Wildman–Crippen LogP) is 0.0143. The number of nitrogens with two attached hydrogens (primary N) is 1. The highest BCUT2D eigenvalue weighted by Gasteiger charge is 2.29. The van der Waals surface area contributed by atoms with Gasteiger partial charge < -0.3 is 64.5 Å². The van der Waals surface area contributed by atoms with Gasteiger partial charge in [0.2, 0.25) is 10.0 Å². The molecule has 0 saturated carbocycles. The Kier molecular flexibility index (Phi) is 25.9. The molecule has 2 amide bonds. The number of esters is 1. The molecule has 2 aromatic carbocycles. The van der Waals surface area contributed by atoms with E-state index in [2.05, 4.69) is 15.4 Å². The molecule has 0 spiro atoms. The third-order valence-electron chi connectivity index (χ3n) is 7.57. The molecule has 0 radical (unpaired) electrons. The van der Waals surface area contributed by atoms with E-state index in [1.165, 1.54) is 37.3 Å². The zero-order chi connectivity index (χ0) is 44.2. The van der Waals surface area contributed by atoms with Crippen molar-refractivity contribution < 1.29 is 79.7 Å². The van der Waals surface area contributed by atoms with Crippen molar-refractivity contribution >= 4 is 33.9 Å². The van der Waals surface area contributed by atoms with Gasteiger partial charge in [0.05, 0.1) is 90.8 Å². The minimum atomic E-state index is -3.94. The summed E-state index contributed by atoms with van der Waals surface area (Å²) >= 11 is 0. The molecular formula is C38H56F2N4O15S. The Hall–Kier alpha value is -4.20. The number of nitrogens with one attached hydrogen (secondary N) is 3. The standard InChI is InChI=1S/C38H56F2N4O15S/c1-3-58-38(49)27(2)24-28-25-31(39)35(32(40)26-28)59-29-4-6-30(7-5-29)60(50,51)44-11-15-55-19-23-57-22-18-54-14-10-43-37(48)34(46)33(45)36(47)42-9-13-53-17-21-56-20-16-52-12-8-41/h4-7,24-26,33-34,44-46H,3,8-23,41H2,1-2H3,(H,42,47)(H,43,48)/b27-24+/t33-,34?/m1/s1. The number of rotatable bonds is 33. The quantitative estimate of drug-likeness (QED) is 0.0314. The first kappa shape index (κ1) is 51.9. The highest BCUT2D eigenvalue weighted by Crippen LogP contribution is 2.30. The van der Waals surface area contributed by atoms with Gasteiger partial charge in [-0.25, -0.2) is 26.7 Å². The summed E-state index contributed by atoms with van der Waals surface area (Å²) in [6.07, 6.45) is -2.71. The van der Waals surface area contributed by atoms with Gasteiger partial charge >= 0.3 is 5.97 Å². The largest absolute Gasteiger partial charge is 0.463 e. The van der Waals surface area contributed by atoms with Crippen LogP contribution in [0.1, 0.15) is 19.4 Å². The topological polar surface area (TPSA) is 262 Å². The van der Waals surface area contributed by atoms with E-state index in [0.717, 1.165) is 12.1 Å². The zero-order valence-corrected chi connectivity index (χ0v) is 34.5. The van der Waals surface area contributed by atoms with Crippen molar-refractivity contribution in [1.82, 2.24) is 15.4 Å². The van der Waals surface area contributed by atoms with Crippen LogP contribution in [-0.4, -0.2) is 161 Å². The first-order valence-corrected chi connectivity index (χ1v) is 20.5. The molecule has 2 aromatic rings. The van der Waals surface area contributed by atoms with Gasteiger partial charge in [-0.05, 0) is 61.9 Å². The molecule has 0 saturated heterocycles. The van der Waals surface area contributed by atoms with Gasteiger partial charge in [-0.1, -0.05) is 0 Å². The van der Waals surface area contributed by atoms with Gasteiger partial charge in [-0.15, -0.1) is 0 Å². The van der Waals surface area contributed by atoms with E-state index < -0.39 is 57.4 Å². The summed E-state index contributed by atoms with van der Waals surface area (Å²) in [6.45, 7) is 6.40. The number of ether oxygens (including phenoxy) is 8. The molecule has 0 aliphatic heterocycles. The highest BCUT2D eigenvalue weighted by molar-refractivity contribution is 7.89. The van der Waals surface area contributed by atoms with Gasteiger partial charge in [0.15, 0.2) is 29.6 Å². The number of halogens is 2. The molecule has 22 heteroatoms. The predicted molar refractivity (Wildman–Crippen MR) is 210 cm³/mol. The third-order valence-corrected chi connectivity index (χ3v) is 9.05. The van der Waals surface area contributed by atoms with E-state index in [9.17, 15) is 41.8 Å². The number of aliphatic hydroxyl groups excluding tert-OH is 2. The Morgan fingerprint density at radius 1 is 0.717 bits per heavy atom. The number of hydrogen-bond acceptors (Lipinski definition) is 16.